The highest BCUT2D eigenvalue weighted by Gasteiger charge is 2.63. The summed E-state index contributed by atoms with van der Waals surface area (Å²) in [6, 6.07) is 2.00. The maximum atomic E-state index is 7.75. The lowest BCUT2D eigenvalue weighted by molar-refractivity contribution is -0.127. The van der Waals surface area contributed by atoms with Gasteiger partial charge in [0.1, 0.15) is 0 Å². The van der Waals surface area contributed by atoms with E-state index in [0.717, 1.165) is 58.0 Å². The SMILES string of the molecule is C1CCC2C(C1)OC1C2CCCC1N(C1CCCC2C3CCC4OC5CCCCC5C4C3OC21)C1CCCC2C3CCCCC3SC21. The molecule has 0 aromatic heterocycles. The molecule has 0 bridgehead atoms. The van der Waals surface area contributed by atoms with Crippen LogP contribution in [-0.2, 0) is 14.2 Å². The summed E-state index contributed by atoms with van der Waals surface area (Å²) in [7, 11) is 0. The van der Waals surface area contributed by atoms with Crippen LogP contribution in [0.5, 0.6) is 0 Å². The third kappa shape index (κ3) is 4.86. The van der Waals surface area contributed by atoms with Gasteiger partial charge in [-0.3, -0.25) is 4.90 Å². The highest BCUT2D eigenvalue weighted by Crippen LogP contribution is 2.60. The summed E-state index contributed by atoms with van der Waals surface area (Å²) in [6.07, 6.45) is 35.8. The van der Waals surface area contributed by atoms with Crippen LogP contribution in [0.15, 0.2) is 0 Å². The van der Waals surface area contributed by atoms with Gasteiger partial charge in [0.15, 0.2) is 0 Å². The lowest BCUT2D eigenvalue weighted by Crippen LogP contribution is -2.64. The van der Waals surface area contributed by atoms with Crippen LogP contribution in [0.2, 0.25) is 0 Å². The van der Waals surface area contributed by atoms with Gasteiger partial charge in [-0.15, -0.1) is 0 Å². The maximum Gasteiger partial charge on any atom is 0.0766 e. The fourth-order valence-electron chi connectivity index (χ4n) is 15.8. The Morgan fingerprint density at radius 2 is 0.936 bits per heavy atom. The van der Waals surface area contributed by atoms with Crippen molar-refractivity contribution in [3.8, 4) is 0 Å². The number of ether oxygens (including phenoxy) is 3. The van der Waals surface area contributed by atoms with Gasteiger partial charge in [0, 0.05) is 34.5 Å². The highest BCUT2D eigenvalue weighted by atomic mass is 32.2. The lowest BCUT2D eigenvalue weighted by Gasteiger charge is -2.54. The molecule has 4 saturated heterocycles. The third-order valence-corrected chi connectivity index (χ3v) is 19.3. The summed E-state index contributed by atoms with van der Waals surface area (Å²) < 4.78 is 22.0. The van der Waals surface area contributed by atoms with Gasteiger partial charge in [0.05, 0.1) is 36.6 Å². The van der Waals surface area contributed by atoms with Crippen molar-refractivity contribution < 1.29 is 14.2 Å². The second-order valence-electron chi connectivity index (χ2n) is 19.2. The molecule has 0 spiro atoms. The summed E-state index contributed by atoms with van der Waals surface area (Å²) in [5, 5.41) is 1.82. The molecule has 11 aliphatic rings. The van der Waals surface area contributed by atoms with Crippen molar-refractivity contribution in [1.82, 2.24) is 4.90 Å². The zero-order valence-corrected chi connectivity index (χ0v) is 30.1. The normalized spacial score (nSPS) is 58.0. The van der Waals surface area contributed by atoms with Crippen LogP contribution in [0.25, 0.3) is 0 Å². The maximum absolute atomic E-state index is 7.75. The zero-order valence-electron chi connectivity index (χ0n) is 29.3. The number of hydrogen-bond acceptors (Lipinski definition) is 5. The molecule has 4 nitrogen and oxygen atoms in total. The number of hydrogen-bond donors (Lipinski definition) is 0. The van der Waals surface area contributed by atoms with E-state index in [1.807, 2.05) is 0 Å². The summed E-state index contributed by atoms with van der Waals surface area (Å²) in [5.74, 6) is 6.72. The Hall–Kier alpha value is 0.190. The standard InChI is InChI=1S/C42H65NO3S/c1-4-19-34-24(10-1)26-13-7-16-31(39(26)45-34)43(33-18-9-15-29-25-11-3-6-21-37(25)47-42(29)33)32-17-8-14-27-28-22-23-36-38(41(28)46-40(27)32)30-12-2-5-20-35(30)44-36/h24-42H,1-23H2. The van der Waals surface area contributed by atoms with Crippen molar-refractivity contribution in [3.63, 3.8) is 0 Å². The van der Waals surface area contributed by atoms with Gasteiger partial charge in [-0.25, -0.2) is 0 Å². The molecule has 0 aromatic carbocycles. The first-order valence-electron chi connectivity index (χ1n) is 21.7. The molecule has 0 radical (unpaired) electrons. The monoisotopic (exact) mass is 663 g/mol. The van der Waals surface area contributed by atoms with E-state index < -0.39 is 0 Å². The zero-order chi connectivity index (χ0) is 30.6. The molecule has 0 aromatic rings. The molecule has 11 rings (SSSR count). The highest BCUT2D eigenvalue weighted by molar-refractivity contribution is 8.00. The van der Waals surface area contributed by atoms with E-state index in [9.17, 15) is 0 Å². The second-order valence-corrected chi connectivity index (χ2v) is 20.6. The Morgan fingerprint density at radius 1 is 0.362 bits per heavy atom. The lowest BCUT2D eigenvalue weighted by atomic mass is 9.64. The van der Waals surface area contributed by atoms with Gasteiger partial charge in [0.25, 0.3) is 0 Å². The molecule has 11 fully saturated rings. The van der Waals surface area contributed by atoms with Crippen LogP contribution in [0.4, 0.5) is 0 Å². The molecular weight excluding hydrogens is 599 g/mol. The van der Waals surface area contributed by atoms with Gasteiger partial charge < -0.3 is 14.2 Å². The largest absolute Gasteiger partial charge is 0.374 e. The number of nitrogens with zero attached hydrogens (tertiary/aromatic N) is 1. The van der Waals surface area contributed by atoms with Crippen molar-refractivity contribution in [2.24, 2.45) is 47.3 Å². The third-order valence-electron chi connectivity index (χ3n) is 17.4. The van der Waals surface area contributed by atoms with E-state index >= 15 is 0 Å². The quantitative estimate of drug-likeness (QED) is 0.301. The van der Waals surface area contributed by atoms with E-state index in [1.165, 1.54) is 148 Å². The molecule has 4 heterocycles. The molecule has 7 saturated carbocycles. The fraction of sp³-hybridized carbons (Fsp3) is 1.00. The smallest absolute Gasteiger partial charge is 0.0766 e. The molecular formula is C42H65NO3S. The summed E-state index contributed by atoms with van der Waals surface area (Å²) >= 11 is 2.52. The van der Waals surface area contributed by atoms with Crippen LogP contribution >= 0.6 is 11.8 Å². The van der Waals surface area contributed by atoms with Crippen molar-refractivity contribution in [2.75, 3.05) is 0 Å². The Kier molecular flexibility index (Phi) is 8.13. The van der Waals surface area contributed by atoms with Gasteiger partial charge in [-0.05, 0) is 131 Å². The fourth-order valence-corrected chi connectivity index (χ4v) is 18.1. The minimum Gasteiger partial charge on any atom is -0.374 e. The average Bonchev–Trinajstić information content (AvgIpc) is 3.88. The molecule has 262 valence electrons. The van der Waals surface area contributed by atoms with E-state index in [0.29, 0.717) is 54.6 Å². The predicted octanol–water partition coefficient (Wildman–Crippen LogP) is 9.18. The molecule has 5 heteroatoms. The van der Waals surface area contributed by atoms with Crippen LogP contribution in [0.1, 0.15) is 148 Å². The van der Waals surface area contributed by atoms with Crippen LogP contribution in [0, 0.1) is 47.3 Å². The summed E-state index contributed by atoms with van der Waals surface area (Å²) in [5.41, 5.74) is 0. The van der Waals surface area contributed by atoms with Crippen LogP contribution < -0.4 is 0 Å². The number of thioether (sulfide) groups is 1. The Labute approximate surface area is 290 Å². The van der Waals surface area contributed by atoms with E-state index in [-0.39, 0.29) is 0 Å². The van der Waals surface area contributed by atoms with E-state index in [4.69, 9.17) is 14.2 Å². The molecule has 7 aliphatic carbocycles. The van der Waals surface area contributed by atoms with Crippen molar-refractivity contribution >= 4 is 11.8 Å². The first-order chi connectivity index (χ1) is 23.3. The predicted molar refractivity (Wildman–Crippen MR) is 188 cm³/mol. The molecule has 47 heavy (non-hydrogen) atoms. The second kappa shape index (κ2) is 12.4. The molecule has 19 atom stereocenters. The van der Waals surface area contributed by atoms with Crippen molar-refractivity contribution in [2.45, 2.75) is 213 Å². The van der Waals surface area contributed by atoms with Gasteiger partial charge in [0.2, 0.25) is 0 Å². The summed E-state index contributed by atoms with van der Waals surface area (Å²) in [4.78, 5) is 3.33. The van der Waals surface area contributed by atoms with E-state index in [1.54, 1.807) is 0 Å². The first-order valence-corrected chi connectivity index (χ1v) is 22.7. The van der Waals surface area contributed by atoms with Gasteiger partial charge in [-0.1, -0.05) is 57.8 Å². The molecule has 4 aliphatic heterocycles. The number of rotatable bonds is 3. The topological polar surface area (TPSA) is 30.9 Å². The number of fused-ring (bicyclic) bond motifs is 13. The minimum absolute atomic E-state index is 0.457. The van der Waals surface area contributed by atoms with Crippen LogP contribution in [-0.4, -0.2) is 70.1 Å². The summed E-state index contributed by atoms with van der Waals surface area (Å²) in [6.45, 7) is 0. The Balaban J connectivity index is 0.947. The Bertz CT molecular complexity index is 1100. The van der Waals surface area contributed by atoms with Gasteiger partial charge in [-0.2, -0.15) is 11.8 Å². The van der Waals surface area contributed by atoms with E-state index in [2.05, 4.69) is 16.7 Å². The minimum atomic E-state index is 0.457. The Morgan fingerprint density at radius 3 is 1.74 bits per heavy atom. The molecule has 0 N–H and O–H groups in total. The average molecular weight is 664 g/mol. The van der Waals surface area contributed by atoms with Gasteiger partial charge >= 0.3 is 0 Å². The molecule has 19 unspecified atom stereocenters. The molecule has 0 amide bonds. The first kappa shape index (κ1) is 30.8. The van der Waals surface area contributed by atoms with Crippen molar-refractivity contribution in [1.29, 1.82) is 0 Å². The van der Waals surface area contributed by atoms with Crippen LogP contribution in [0.3, 0.4) is 0 Å². The van der Waals surface area contributed by atoms with Crippen molar-refractivity contribution in [3.05, 3.63) is 0 Å².